The molecule has 0 spiro atoms. The minimum absolute atomic E-state index is 0.103. The Morgan fingerprint density at radius 2 is 1.88 bits per heavy atom. The van der Waals surface area contributed by atoms with Crippen LogP contribution in [0.25, 0.3) is 6.08 Å². The zero-order chi connectivity index (χ0) is 19.1. The Labute approximate surface area is 151 Å². The van der Waals surface area contributed by atoms with Crippen LogP contribution in [0.1, 0.15) is 28.4 Å². The summed E-state index contributed by atoms with van der Waals surface area (Å²) in [6, 6.07) is 13.5. The van der Waals surface area contributed by atoms with Gasteiger partial charge >= 0.3 is 5.97 Å². The predicted octanol–water partition coefficient (Wildman–Crippen LogP) is 3.23. The van der Waals surface area contributed by atoms with Crippen molar-refractivity contribution in [2.45, 2.75) is 13.5 Å². The van der Waals surface area contributed by atoms with Crippen molar-refractivity contribution in [1.29, 1.82) is 5.41 Å². The second-order valence-electron chi connectivity index (χ2n) is 5.49. The number of ether oxygens (including phenoxy) is 1. The number of esters is 1. The summed E-state index contributed by atoms with van der Waals surface area (Å²) < 4.78 is 5.28. The number of anilines is 1. The molecular weight excluding hydrogens is 332 g/mol. The molecule has 2 aromatic carbocycles. The second-order valence-corrected chi connectivity index (χ2v) is 5.49. The van der Waals surface area contributed by atoms with Gasteiger partial charge in [0.05, 0.1) is 5.56 Å². The van der Waals surface area contributed by atoms with Crippen molar-refractivity contribution >= 4 is 35.1 Å². The number of hydrogen-bond acceptors (Lipinski definition) is 5. The van der Waals surface area contributed by atoms with Gasteiger partial charge in [0, 0.05) is 12.6 Å². The average Bonchev–Trinajstić information content (AvgIpc) is 2.65. The van der Waals surface area contributed by atoms with Crippen LogP contribution in [-0.2, 0) is 20.9 Å². The van der Waals surface area contributed by atoms with Crippen LogP contribution in [0.5, 0.6) is 0 Å². The average molecular weight is 350 g/mol. The van der Waals surface area contributed by atoms with Crippen molar-refractivity contribution < 1.29 is 19.1 Å². The van der Waals surface area contributed by atoms with E-state index in [-0.39, 0.29) is 12.2 Å². The van der Waals surface area contributed by atoms with Crippen molar-refractivity contribution in [1.82, 2.24) is 0 Å². The number of rotatable bonds is 7. The molecule has 2 rings (SSSR count). The van der Waals surface area contributed by atoms with Crippen molar-refractivity contribution in [3.05, 3.63) is 71.8 Å². The van der Waals surface area contributed by atoms with Gasteiger partial charge in [-0.05, 0) is 35.4 Å². The summed E-state index contributed by atoms with van der Waals surface area (Å²) in [5.74, 6) is -2.02. The largest absolute Gasteiger partial charge is 0.457 e. The van der Waals surface area contributed by atoms with Crippen LogP contribution in [0, 0.1) is 5.41 Å². The highest BCUT2D eigenvalue weighted by molar-refractivity contribution is 6.66. The summed E-state index contributed by atoms with van der Waals surface area (Å²) in [7, 11) is 0. The number of carbonyl (C=O) groups is 3. The molecule has 0 unspecified atom stereocenters. The molecule has 2 N–H and O–H groups in total. The fourth-order valence-electron chi connectivity index (χ4n) is 2.12. The Morgan fingerprint density at radius 3 is 2.58 bits per heavy atom. The lowest BCUT2D eigenvalue weighted by molar-refractivity contribution is -0.114. The van der Waals surface area contributed by atoms with Gasteiger partial charge in [-0.25, -0.2) is 4.79 Å². The van der Waals surface area contributed by atoms with Crippen LogP contribution in [0.15, 0.2) is 55.1 Å². The standard InChI is InChI=1S/C20H18N2O4/c1-3-14-6-4-7-15(10-14)12-26-20(25)16-8-5-9-17(11-16)22-19(24)18(21)13(2)23/h3-11,21H,1,12H2,2H3,(H,22,24). The molecule has 0 saturated heterocycles. The van der Waals surface area contributed by atoms with Crippen LogP contribution in [0.3, 0.4) is 0 Å². The molecule has 0 heterocycles. The van der Waals surface area contributed by atoms with E-state index < -0.39 is 23.4 Å². The molecule has 0 saturated carbocycles. The topological polar surface area (TPSA) is 96.3 Å². The van der Waals surface area contributed by atoms with Crippen molar-refractivity contribution in [2.24, 2.45) is 0 Å². The predicted molar refractivity (Wildman–Crippen MR) is 99.1 cm³/mol. The number of carbonyl (C=O) groups excluding carboxylic acids is 3. The monoisotopic (exact) mass is 350 g/mol. The van der Waals surface area contributed by atoms with E-state index in [0.717, 1.165) is 18.1 Å². The highest BCUT2D eigenvalue weighted by Crippen LogP contribution is 2.14. The maximum absolute atomic E-state index is 12.2. The van der Waals surface area contributed by atoms with E-state index in [9.17, 15) is 14.4 Å². The molecule has 0 fully saturated rings. The number of hydrogen-bond donors (Lipinski definition) is 2. The van der Waals surface area contributed by atoms with E-state index in [4.69, 9.17) is 10.1 Å². The maximum Gasteiger partial charge on any atom is 0.338 e. The number of benzene rings is 2. The van der Waals surface area contributed by atoms with Gasteiger partial charge in [-0.2, -0.15) is 0 Å². The molecule has 132 valence electrons. The normalized spacial score (nSPS) is 9.88. The molecule has 6 heteroatoms. The first-order valence-corrected chi connectivity index (χ1v) is 7.80. The first kappa shape index (κ1) is 18.8. The van der Waals surface area contributed by atoms with Crippen LogP contribution >= 0.6 is 0 Å². The summed E-state index contributed by atoms with van der Waals surface area (Å²) in [5, 5.41) is 9.78. The van der Waals surface area contributed by atoms with Gasteiger partial charge in [-0.3, -0.25) is 15.0 Å². The highest BCUT2D eigenvalue weighted by Gasteiger charge is 2.15. The number of amides is 1. The van der Waals surface area contributed by atoms with Gasteiger partial charge in [-0.1, -0.05) is 36.9 Å². The van der Waals surface area contributed by atoms with E-state index in [1.54, 1.807) is 24.3 Å². The van der Waals surface area contributed by atoms with Crippen molar-refractivity contribution in [2.75, 3.05) is 5.32 Å². The van der Waals surface area contributed by atoms with Gasteiger partial charge in [0.1, 0.15) is 6.61 Å². The van der Waals surface area contributed by atoms with Gasteiger partial charge in [0.15, 0.2) is 11.5 Å². The minimum atomic E-state index is -0.829. The summed E-state index contributed by atoms with van der Waals surface area (Å²) >= 11 is 0. The minimum Gasteiger partial charge on any atom is -0.457 e. The van der Waals surface area contributed by atoms with Crippen molar-refractivity contribution in [3.8, 4) is 0 Å². The van der Waals surface area contributed by atoms with Gasteiger partial charge < -0.3 is 10.1 Å². The van der Waals surface area contributed by atoms with E-state index in [2.05, 4.69) is 11.9 Å². The van der Waals surface area contributed by atoms with E-state index >= 15 is 0 Å². The Bertz CT molecular complexity index is 887. The molecular formula is C20H18N2O4. The summed E-state index contributed by atoms with van der Waals surface area (Å²) in [6.07, 6.45) is 1.70. The van der Waals surface area contributed by atoms with E-state index in [1.807, 2.05) is 24.3 Å². The third-order valence-corrected chi connectivity index (χ3v) is 3.49. The maximum atomic E-state index is 12.2. The molecule has 0 aliphatic heterocycles. The summed E-state index contributed by atoms with van der Waals surface area (Å²) in [6.45, 7) is 4.93. The highest BCUT2D eigenvalue weighted by atomic mass is 16.5. The van der Waals surface area contributed by atoms with Gasteiger partial charge in [0.2, 0.25) is 0 Å². The zero-order valence-corrected chi connectivity index (χ0v) is 14.2. The van der Waals surface area contributed by atoms with Crippen LogP contribution in [0.2, 0.25) is 0 Å². The molecule has 0 aromatic heterocycles. The number of ketones is 1. The van der Waals surface area contributed by atoms with Crippen LogP contribution in [0.4, 0.5) is 5.69 Å². The SMILES string of the molecule is C=Cc1cccc(COC(=O)c2cccc(NC(=O)C(=N)C(C)=O)c2)c1. The number of Topliss-reactive ketones (excluding diaryl/α,β-unsaturated/α-hetero) is 1. The lowest BCUT2D eigenvalue weighted by Crippen LogP contribution is -2.27. The summed E-state index contributed by atoms with van der Waals surface area (Å²) in [4.78, 5) is 35.0. The molecule has 1 amide bonds. The van der Waals surface area contributed by atoms with Gasteiger partial charge in [-0.15, -0.1) is 0 Å². The van der Waals surface area contributed by atoms with Gasteiger partial charge in [0.25, 0.3) is 5.91 Å². The molecule has 0 radical (unpaired) electrons. The lowest BCUT2D eigenvalue weighted by atomic mass is 10.1. The fraction of sp³-hybridized carbons (Fsp3) is 0.100. The Hall–Kier alpha value is -3.54. The lowest BCUT2D eigenvalue weighted by Gasteiger charge is -2.08. The smallest absolute Gasteiger partial charge is 0.338 e. The number of nitrogens with one attached hydrogen (secondary N) is 2. The Balaban J connectivity index is 2.03. The van der Waals surface area contributed by atoms with Crippen molar-refractivity contribution in [3.63, 3.8) is 0 Å². The molecule has 26 heavy (non-hydrogen) atoms. The Kier molecular flexibility index (Phi) is 6.16. The van der Waals surface area contributed by atoms with Crippen LogP contribution < -0.4 is 5.32 Å². The first-order valence-electron chi connectivity index (χ1n) is 7.80. The molecule has 0 aliphatic carbocycles. The molecule has 0 atom stereocenters. The molecule has 6 nitrogen and oxygen atoms in total. The molecule has 0 aliphatic rings. The zero-order valence-electron chi connectivity index (χ0n) is 14.2. The molecule has 2 aromatic rings. The molecule has 0 bridgehead atoms. The summed E-state index contributed by atoms with van der Waals surface area (Å²) in [5.41, 5.74) is 1.65. The van der Waals surface area contributed by atoms with Crippen LogP contribution in [-0.4, -0.2) is 23.4 Å². The third kappa shape index (κ3) is 4.98. The van der Waals surface area contributed by atoms with E-state index in [0.29, 0.717) is 5.69 Å². The third-order valence-electron chi connectivity index (χ3n) is 3.49. The Morgan fingerprint density at radius 1 is 1.15 bits per heavy atom. The quantitative estimate of drug-likeness (QED) is 0.455. The first-order chi connectivity index (χ1) is 12.4. The fourth-order valence-corrected chi connectivity index (χ4v) is 2.12. The van der Waals surface area contributed by atoms with E-state index in [1.165, 1.54) is 6.07 Å². The second kappa shape index (κ2) is 8.53.